The number of unbranched alkanes of at least 4 members (excludes halogenated alkanes) is 3. The lowest BCUT2D eigenvalue weighted by Gasteiger charge is -2.28. The Morgan fingerprint density at radius 2 is 1.74 bits per heavy atom. The van der Waals surface area contributed by atoms with Crippen LogP contribution in [0.2, 0.25) is 0 Å². The smallest absolute Gasteiger partial charge is 0.305 e. The number of amides is 1. The molecule has 0 aliphatic rings. The molecule has 19 heavy (non-hydrogen) atoms. The van der Waals surface area contributed by atoms with Gasteiger partial charge in [0.25, 0.3) is 0 Å². The second kappa shape index (κ2) is 9.82. The minimum atomic E-state index is -0.875. The molecule has 0 heterocycles. The number of carboxylic acids is 1. The summed E-state index contributed by atoms with van der Waals surface area (Å²) in [6.07, 6.45) is 7.34. The summed E-state index contributed by atoms with van der Waals surface area (Å²) >= 11 is 0. The van der Waals surface area contributed by atoms with Gasteiger partial charge in [0, 0.05) is 12.0 Å². The number of hydrogen-bond donors (Lipinski definition) is 2. The number of carboxylic acid groups (broad SMARTS) is 1. The summed E-state index contributed by atoms with van der Waals surface area (Å²) in [5, 5.41) is 11.3. The first-order valence-corrected chi connectivity index (χ1v) is 7.46. The van der Waals surface area contributed by atoms with Gasteiger partial charge >= 0.3 is 5.97 Å². The van der Waals surface area contributed by atoms with Gasteiger partial charge in [-0.05, 0) is 12.8 Å². The van der Waals surface area contributed by atoms with Crippen LogP contribution in [0.1, 0.15) is 72.1 Å². The van der Waals surface area contributed by atoms with Crippen LogP contribution in [0.5, 0.6) is 0 Å². The Labute approximate surface area is 117 Å². The number of aliphatic carboxylic acids is 1. The summed E-state index contributed by atoms with van der Waals surface area (Å²) in [6, 6.07) is 0. The Morgan fingerprint density at radius 3 is 2.26 bits per heavy atom. The number of carbonyl (C=O) groups excluding carboxylic acids is 1. The van der Waals surface area contributed by atoms with Crippen molar-refractivity contribution in [3.8, 4) is 0 Å². The zero-order valence-corrected chi connectivity index (χ0v) is 12.6. The van der Waals surface area contributed by atoms with Crippen LogP contribution >= 0.6 is 0 Å². The van der Waals surface area contributed by atoms with Gasteiger partial charge < -0.3 is 10.4 Å². The monoisotopic (exact) mass is 271 g/mol. The first-order chi connectivity index (χ1) is 8.96. The molecular weight excluding hydrogens is 242 g/mol. The van der Waals surface area contributed by atoms with E-state index in [0.717, 1.165) is 32.1 Å². The number of hydrogen-bond acceptors (Lipinski definition) is 2. The maximum Gasteiger partial charge on any atom is 0.305 e. The quantitative estimate of drug-likeness (QED) is 0.566. The van der Waals surface area contributed by atoms with E-state index >= 15 is 0 Å². The molecule has 0 aromatic carbocycles. The highest BCUT2D eigenvalue weighted by atomic mass is 16.4. The number of rotatable bonds is 11. The lowest BCUT2D eigenvalue weighted by Crippen LogP contribution is -2.39. The largest absolute Gasteiger partial charge is 0.481 e. The van der Waals surface area contributed by atoms with Gasteiger partial charge in [-0.1, -0.05) is 52.9 Å². The second-order valence-electron chi connectivity index (χ2n) is 5.52. The van der Waals surface area contributed by atoms with E-state index in [0.29, 0.717) is 0 Å². The van der Waals surface area contributed by atoms with E-state index in [-0.39, 0.29) is 24.3 Å². The molecule has 0 spiro atoms. The van der Waals surface area contributed by atoms with E-state index in [2.05, 4.69) is 19.2 Å². The third-order valence-corrected chi connectivity index (χ3v) is 3.56. The Morgan fingerprint density at radius 1 is 1.05 bits per heavy atom. The Kier molecular flexibility index (Phi) is 9.27. The highest BCUT2D eigenvalue weighted by molar-refractivity contribution is 5.82. The van der Waals surface area contributed by atoms with Crippen LogP contribution in [0, 0.1) is 5.41 Å². The molecule has 0 aromatic heterocycles. The average molecular weight is 271 g/mol. The summed E-state index contributed by atoms with van der Waals surface area (Å²) in [4.78, 5) is 22.6. The predicted octanol–water partition coefficient (Wildman–Crippen LogP) is 3.35. The van der Waals surface area contributed by atoms with Crippen molar-refractivity contribution < 1.29 is 14.7 Å². The van der Waals surface area contributed by atoms with Gasteiger partial charge in [0.15, 0.2) is 0 Å². The molecule has 0 aliphatic carbocycles. The molecule has 0 radical (unpaired) electrons. The molecule has 0 saturated heterocycles. The molecule has 0 bridgehead atoms. The van der Waals surface area contributed by atoms with E-state index in [1.165, 1.54) is 12.8 Å². The fourth-order valence-electron chi connectivity index (χ4n) is 2.34. The van der Waals surface area contributed by atoms with Crippen molar-refractivity contribution >= 4 is 11.9 Å². The second-order valence-corrected chi connectivity index (χ2v) is 5.52. The maximum absolute atomic E-state index is 12.2. The van der Waals surface area contributed by atoms with Crippen LogP contribution < -0.4 is 5.32 Å². The maximum atomic E-state index is 12.2. The molecule has 0 aromatic rings. The van der Waals surface area contributed by atoms with E-state index in [1.54, 1.807) is 0 Å². The molecule has 1 amide bonds. The zero-order chi connectivity index (χ0) is 14.7. The summed E-state index contributed by atoms with van der Waals surface area (Å²) in [6.45, 7) is 6.47. The zero-order valence-electron chi connectivity index (χ0n) is 12.6. The van der Waals surface area contributed by atoms with Gasteiger partial charge in [-0.15, -0.1) is 0 Å². The molecule has 4 nitrogen and oxygen atoms in total. The fourth-order valence-corrected chi connectivity index (χ4v) is 2.34. The number of carbonyl (C=O) groups is 2. The highest BCUT2D eigenvalue weighted by Crippen LogP contribution is 2.30. The third-order valence-electron chi connectivity index (χ3n) is 3.56. The Balaban J connectivity index is 4.24. The van der Waals surface area contributed by atoms with E-state index in [4.69, 9.17) is 5.11 Å². The lowest BCUT2D eigenvalue weighted by atomic mass is 9.79. The van der Waals surface area contributed by atoms with Gasteiger partial charge in [-0.2, -0.15) is 0 Å². The van der Waals surface area contributed by atoms with Crippen LogP contribution in [-0.2, 0) is 9.59 Å². The van der Waals surface area contributed by atoms with Gasteiger partial charge in [-0.3, -0.25) is 9.59 Å². The summed E-state index contributed by atoms with van der Waals surface area (Å²) in [5.41, 5.74) is -0.346. The molecule has 2 N–H and O–H groups in total. The molecule has 0 aliphatic heterocycles. The molecule has 1 unspecified atom stereocenters. The molecule has 0 saturated carbocycles. The van der Waals surface area contributed by atoms with Crippen molar-refractivity contribution in [1.82, 2.24) is 5.32 Å². The van der Waals surface area contributed by atoms with Crippen molar-refractivity contribution in [3.63, 3.8) is 0 Å². The van der Waals surface area contributed by atoms with Crippen LogP contribution in [-0.4, -0.2) is 23.5 Å². The molecule has 0 rings (SSSR count). The minimum Gasteiger partial charge on any atom is -0.481 e. The van der Waals surface area contributed by atoms with E-state index in [1.807, 2.05) is 6.92 Å². The van der Waals surface area contributed by atoms with Crippen LogP contribution in [0.3, 0.4) is 0 Å². The van der Waals surface area contributed by atoms with Crippen molar-refractivity contribution in [2.45, 2.75) is 72.1 Å². The first-order valence-electron chi connectivity index (χ1n) is 7.46. The molecule has 4 heteroatoms. The Hall–Kier alpha value is -1.06. The minimum absolute atomic E-state index is 0.00657. The standard InChI is InChI=1S/C15H29NO3/c1-4-6-7-8-11-15(3,10-5-2)14(19)16-12-9-13(17)18/h4-12H2,1-3H3,(H,16,19)(H,17,18). The van der Waals surface area contributed by atoms with Gasteiger partial charge in [0.05, 0.1) is 6.42 Å². The van der Waals surface area contributed by atoms with Gasteiger partial charge in [0.2, 0.25) is 5.91 Å². The fraction of sp³-hybridized carbons (Fsp3) is 0.867. The van der Waals surface area contributed by atoms with Gasteiger partial charge in [-0.25, -0.2) is 0 Å². The Bertz CT molecular complexity index is 279. The van der Waals surface area contributed by atoms with E-state index in [9.17, 15) is 9.59 Å². The first kappa shape index (κ1) is 17.9. The van der Waals surface area contributed by atoms with Crippen molar-refractivity contribution in [1.29, 1.82) is 0 Å². The molecule has 0 fully saturated rings. The van der Waals surface area contributed by atoms with Crippen molar-refractivity contribution in [2.75, 3.05) is 6.54 Å². The average Bonchev–Trinajstić information content (AvgIpc) is 2.34. The normalized spacial score (nSPS) is 13.8. The van der Waals surface area contributed by atoms with E-state index < -0.39 is 5.97 Å². The van der Waals surface area contributed by atoms with Gasteiger partial charge in [0.1, 0.15) is 0 Å². The highest BCUT2D eigenvalue weighted by Gasteiger charge is 2.31. The van der Waals surface area contributed by atoms with Crippen LogP contribution in [0.25, 0.3) is 0 Å². The summed E-state index contributed by atoms with van der Waals surface area (Å²) in [7, 11) is 0. The van der Waals surface area contributed by atoms with Crippen LogP contribution in [0.15, 0.2) is 0 Å². The van der Waals surface area contributed by atoms with Crippen LogP contribution in [0.4, 0.5) is 0 Å². The summed E-state index contributed by atoms with van der Waals surface area (Å²) in [5.74, 6) is -0.868. The van der Waals surface area contributed by atoms with Crippen molar-refractivity contribution in [2.24, 2.45) is 5.41 Å². The number of nitrogens with one attached hydrogen (secondary N) is 1. The topological polar surface area (TPSA) is 66.4 Å². The molecule has 112 valence electrons. The molecule has 1 atom stereocenters. The third kappa shape index (κ3) is 7.85. The predicted molar refractivity (Wildman–Crippen MR) is 77.0 cm³/mol. The van der Waals surface area contributed by atoms with Crippen molar-refractivity contribution in [3.05, 3.63) is 0 Å². The molecular formula is C15H29NO3. The summed E-state index contributed by atoms with van der Waals surface area (Å²) < 4.78 is 0. The lowest BCUT2D eigenvalue weighted by molar-refractivity contribution is -0.137. The SMILES string of the molecule is CCCCCCC(C)(CCC)C(=O)NCCC(=O)O.